The molecule has 98 valence electrons. The predicted molar refractivity (Wildman–Crippen MR) is 70.2 cm³/mol. The maximum absolute atomic E-state index is 11.3. The van der Waals surface area contributed by atoms with E-state index in [2.05, 4.69) is 25.3 Å². The molecular formula is C11H16ClN5O. The van der Waals surface area contributed by atoms with Gasteiger partial charge in [0.15, 0.2) is 0 Å². The average molecular weight is 270 g/mol. The summed E-state index contributed by atoms with van der Waals surface area (Å²) in [5, 5.41) is 9.46. The van der Waals surface area contributed by atoms with Gasteiger partial charge in [-0.2, -0.15) is 5.10 Å². The number of hydrogen-bond acceptors (Lipinski definition) is 5. The van der Waals surface area contributed by atoms with Crippen LogP contribution in [0.4, 0.5) is 5.69 Å². The summed E-state index contributed by atoms with van der Waals surface area (Å²) in [6.07, 6.45) is 1.56. The first-order valence-corrected chi connectivity index (χ1v) is 6.55. The Morgan fingerprint density at radius 2 is 2.22 bits per heavy atom. The van der Waals surface area contributed by atoms with Crippen LogP contribution in [0.15, 0.2) is 11.0 Å². The predicted octanol–water partition coefficient (Wildman–Crippen LogP) is -0.165. The van der Waals surface area contributed by atoms with Crippen LogP contribution in [0.5, 0.6) is 0 Å². The summed E-state index contributed by atoms with van der Waals surface area (Å²) < 4.78 is 0. The highest BCUT2D eigenvalue weighted by Gasteiger charge is 2.31. The quantitative estimate of drug-likeness (QED) is 0.798. The van der Waals surface area contributed by atoms with Crippen LogP contribution in [-0.4, -0.2) is 65.3 Å². The monoisotopic (exact) mass is 269 g/mol. The summed E-state index contributed by atoms with van der Waals surface area (Å²) in [6.45, 7) is 6.48. The van der Waals surface area contributed by atoms with Gasteiger partial charge in [-0.3, -0.25) is 14.6 Å². The molecule has 18 heavy (non-hydrogen) atoms. The average Bonchev–Trinajstić information content (AvgIpc) is 2.42. The molecule has 1 atom stereocenters. The maximum atomic E-state index is 11.3. The minimum Gasteiger partial charge on any atom is -0.381 e. The van der Waals surface area contributed by atoms with Crippen LogP contribution in [-0.2, 0) is 0 Å². The van der Waals surface area contributed by atoms with Gasteiger partial charge in [-0.1, -0.05) is 11.6 Å². The Hall–Kier alpha value is -1.11. The van der Waals surface area contributed by atoms with Crippen molar-refractivity contribution in [3.8, 4) is 0 Å². The van der Waals surface area contributed by atoms with E-state index in [0.29, 0.717) is 11.7 Å². The summed E-state index contributed by atoms with van der Waals surface area (Å²) in [5.41, 5.74) is 0.258. The van der Waals surface area contributed by atoms with E-state index in [9.17, 15) is 4.79 Å². The number of hydrogen-bond donors (Lipinski definition) is 2. The molecule has 3 aliphatic rings. The smallest absolute Gasteiger partial charge is 0.285 e. The van der Waals surface area contributed by atoms with Crippen LogP contribution < -0.4 is 10.9 Å². The zero-order chi connectivity index (χ0) is 12.5. The van der Waals surface area contributed by atoms with E-state index in [1.54, 1.807) is 6.20 Å². The molecule has 1 aromatic rings. The zero-order valence-electron chi connectivity index (χ0n) is 10.0. The molecule has 3 fully saturated rings. The number of anilines is 1. The summed E-state index contributed by atoms with van der Waals surface area (Å²) in [7, 11) is 0. The summed E-state index contributed by atoms with van der Waals surface area (Å²) in [5.74, 6) is 0. The molecule has 7 heteroatoms. The molecule has 0 spiro atoms. The first-order chi connectivity index (χ1) is 8.74. The lowest BCUT2D eigenvalue weighted by Gasteiger charge is -2.47. The van der Waals surface area contributed by atoms with E-state index in [1.165, 1.54) is 13.1 Å². The van der Waals surface area contributed by atoms with Gasteiger partial charge in [-0.15, -0.1) is 0 Å². The largest absolute Gasteiger partial charge is 0.381 e. The van der Waals surface area contributed by atoms with Crippen LogP contribution >= 0.6 is 11.6 Å². The van der Waals surface area contributed by atoms with E-state index in [-0.39, 0.29) is 10.6 Å². The van der Waals surface area contributed by atoms with Crippen molar-refractivity contribution < 1.29 is 0 Å². The van der Waals surface area contributed by atoms with E-state index in [4.69, 9.17) is 11.6 Å². The van der Waals surface area contributed by atoms with Gasteiger partial charge >= 0.3 is 0 Å². The van der Waals surface area contributed by atoms with Gasteiger partial charge in [0.25, 0.3) is 5.56 Å². The van der Waals surface area contributed by atoms with Crippen molar-refractivity contribution in [2.24, 2.45) is 0 Å². The van der Waals surface area contributed by atoms with Crippen molar-refractivity contribution in [3.63, 3.8) is 0 Å². The molecule has 4 heterocycles. The fourth-order valence-electron chi connectivity index (χ4n) is 2.65. The topological polar surface area (TPSA) is 64.3 Å². The second-order valence-electron chi connectivity index (χ2n) is 4.80. The number of H-pyrrole nitrogens is 1. The van der Waals surface area contributed by atoms with Crippen LogP contribution in [0.2, 0.25) is 5.02 Å². The molecule has 0 saturated carbocycles. The third-order valence-corrected chi connectivity index (χ3v) is 4.09. The SMILES string of the molecule is O=c1[nH]ncc(NCC2CN3CCN2CC3)c1Cl. The molecule has 0 radical (unpaired) electrons. The molecule has 2 N–H and O–H groups in total. The number of nitrogens with zero attached hydrogens (tertiary/aromatic N) is 3. The van der Waals surface area contributed by atoms with E-state index < -0.39 is 0 Å². The fraction of sp³-hybridized carbons (Fsp3) is 0.636. The fourth-order valence-corrected chi connectivity index (χ4v) is 2.81. The highest BCUT2D eigenvalue weighted by Crippen LogP contribution is 2.18. The maximum Gasteiger partial charge on any atom is 0.285 e. The Morgan fingerprint density at radius 3 is 2.89 bits per heavy atom. The third kappa shape index (κ3) is 2.23. The normalized spacial score (nSPS) is 30.4. The lowest BCUT2D eigenvalue weighted by atomic mass is 10.1. The van der Waals surface area contributed by atoms with Crippen molar-refractivity contribution in [2.75, 3.05) is 44.6 Å². The van der Waals surface area contributed by atoms with Crippen LogP contribution in [0.1, 0.15) is 0 Å². The number of fused-ring (bicyclic) bond motifs is 3. The Labute approximate surface area is 110 Å². The standard InChI is InChI=1S/C11H16ClN5O/c12-10-9(6-14-15-11(10)18)13-5-8-7-16-1-3-17(8)4-2-16/h6,8H,1-5,7H2,(H2,13,15,18). The zero-order valence-corrected chi connectivity index (χ0v) is 10.8. The highest BCUT2D eigenvalue weighted by molar-refractivity contribution is 6.32. The van der Waals surface area contributed by atoms with Gasteiger partial charge in [0, 0.05) is 45.3 Å². The molecule has 0 aromatic carbocycles. The van der Waals surface area contributed by atoms with Crippen molar-refractivity contribution in [3.05, 3.63) is 21.6 Å². The van der Waals surface area contributed by atoms with Crippen LogP contribution in [0, 0.1) is 0 Å². The second-order valence-corrected chi connectivity index (χ2v) is 5.18. The van der Waals surface area contributed by atoms with Crippen molar-refractivity contribution in [1.29, 1.82) is 0 Å². The van der Waals surface area contributed by atoms with Crippen LogP contribution in [0.25, 0.3) is 0 Å². The first-order valence-electron chi connectivity index (χ1n) is 6.17. The molecule has 6 nitrogen and oxygen atoms in total. The van der Waals surface area contributed by atoms with Gasteiger partial charge in [-0.25, -0.2) is 5.10 Å². The van der Waals surface area contributed by atoms with Gasteiger partial charge in [0.2, 0.25) is 0 Å². The number of halogens is 1. The number of aromatic amines is 1. The molecule has 0 aliphatic carbocycles. The lowest BCUT2D eigenvalue weighted by Crippen LogP contribution is -2.62. The Morgan fingerprint density at radius 1 is 1.44 bits per heavy atom. The Balaban J connectivity index is 1.64. The van der Waals surface area contributed by atoms with Crippen molar-refractivity contribution >= 4 is 17.3 Å². The second kappa shape index (κ2) is 4.87. The van der Waals surface area contributed by atoms with Crippen molar-refractivity contribution in [2.45, 2.75) is 6.04 Å². The number of aromatic nitrogens is 2. The lowest BCUT2D eigenvalue weighted by molar-refractivity contribution is 0.0189. The molecule has 3 aliphatic heterocycles. The summed E-state index contributed by atoms with van der Waals surface area (Å²) in [4.78, 5) is 16.3. The van der Waals surface area contributed by atoms with Gasteiger partial charge < -0.3 is 5.32 Å². The highest BCUT2D eigenvalue weighted by atomic mass is 35.5. The summed E-state index contributed by atoms with van der Waals surface area (Å²) in [6, 6.07) is 0.489. The molecule has 4 rings (SSSR count). The number of piperazine rings is 3. The Bertz CT molecular complexity index is 483. The molecule has 1 unspecified atom stereocenters. The van der Waals surface area contributed by atoms with E-state index in [1.807, 2.05) is 0 Å². The van der Waals surface area contributed by atoms with Gasteiger partial charge in [0.05, 0.1) is 11.9 Å². The van der Waals surface area contributed by atoms with Crippen LogP contribution in [0.3, 0.4) is 0 Å². The molecular weight excluding hydrogens is 254 g/mol. The van der Waals surface area contributed by atoms with E-state index in [0.717, 1.165) is 26.2 Å². The minimum atomic E-state index is -0.351. The molecule has 1 aromatic heterocycles. The van der Waals surface area contributed by atoms with Gasteiger partial charge in [-0.05, 0) is 0 Å². The third-order valence-electron chi connectivity index (χ3n) is 3.72. The molecule has 2 bridgehead atoms. The summed E-state index contributed by atoms with van der Waals surface area (Å²) >= 11 is 5.92. The van der Waals surface area contributed by atoms with Crippen molar-refractivity contribution in [1.82, 2.24) is 20.0 Å². The minimum absolute atomic E-state index is 0.182. The number of nitrogens with one attached hydrogen (secondary N) is 2. The molecule has 3 saturated heterocycles. The van der Waals surface area contributed by atoms with Gasteiger partial charge in [0.1, 0.15) is 5.02 Å². The van der Waals surface area contributed by atoms with E-state index >= 15 is 0 Å². The number of rotatable bonds is 3. The first kappa shape index (κ1) is 12.0. The molecule has 0 amide bonds. The Kier molecular flexibility index (Phi) is 3.23.